The second kappa shape index (κ2) is 5.61. The molecule has 0 amide bonds. The van der Waals surface area contributed by atoms with Crippen LogP contribution in [0.4, 0.5) is 0 Å². The molecule has 0 bridgehead atoms. The van der Waals surface area contributed by atoms with Gasteiger partial charge in [-0.15, -0.1) is 0 Å². The molecule has 0 saturated carbocycles. The molecule has 4 unspecified atom stereocenters. The topological polar surface area (TPSA) is 32.3 Å². The highest BCUT2D eigenvalue weighted by Gasteiger charge is 2.33. The smallest absolute Gasteiger partial charge is 0.0444 e. The summed E-state index contributed by atoms with van der Waals surface area (Å²) < 4.78 is 11.4. The van der Waals surface area contributed by atoms with E-state index in [0.29, 0.717) is 6.04 Å². The van der Waals surface area contributed by atoms with Crippen molar-refractivity contribution in [3.8, 4) is 0 Å². The Morgan fingerprint density at radius 1 is 1.62 bits per heavy atom. The number of hydrogen-bond acceptors (Lipinski definition) is 3. The largest absolute Gasteiger partial charge is 0.309 e. The van der Waals surface area contributed by atoms with Gasteiger partial charge in [-0.05, 0) is 27.2 Å². The van der Waals surface area contributed by atoms with E-state index in [4.69, 9.17) is 0 Å². The average molecular weight is 246 g/mol. The third-order valence-electron chi connectivity index (χ3n) is 3.84. The first-order valence-electron chi connectivity index (χ1n) is 6.19. The minimum Gasteiger partial charge on any atom is -0.309 e. The van der Waals surface area contributed by atoms with Crippen LogP contribution in [0.25, 0.3) is 0 Å². The molecule has 0 radical (unpaired) electrons. The number of nitrogens with zero attached hydrogens (tertiary/aromatic N) is 1. The number of piperazine rings is 1. The zero-order valence-corrected chi connectivity index (χ0v) is 12.1. The fourth-order valence-electron chi connectivity index (χ4n) is 2.10. The second-order valence-electron chi connectivity index (χ2n) is 5.38. The lowest BCUT2D eigenvalue weighted by Gasteiger charge is -2.45. The van der Waals surface area contributed by atoms with E-state index < -0.39 is 10.8 Å². The van der Waals surface area contributed by atoms with Crippen LogP contribution in [0.1, 0.15) is 34.1 Å². The maximum atomic E-state index is 11.4. The molecule has 4 heteroatoms. The van der Waals surface area contributed by atoms with Gasteiger partial charge in [-0.1, -0.05) is 6.92 Å². The molecule has 0 aromatic rings. The van der Waals surface area contributed by atoms with Gasteiger partial charge in [-0.2, -0.15) is 0 Å². The third kappa shape index (κ3) is 3.54. The fraction of sp³-hybridized carbons (Fsp3) is 1.00. The lowest BCUT2D eigenvalue weighted by Crippen LogP contribution is -2.62. The minimum absolute atomic E-state index is 0.224. The standard InChI is InChI=1S/C12H26N2OS/c1-6-12(4)9-14(10(2)7-13-12)8-11(3)16(5)15/h10-11,13H,6-9H2,1-5H3. The van der Waals surface area contributed by atoms with Crippen molar-refractivity contribution in [3.63, 3.8) is 0 Å². The molecule has 1 heterocycles. The predicted octanol–water partition coefficient (Wildman–Crippen LogP) is 1.22. The van der Waals surface area contributed by atoms with Gasteiger partial charge in [-0.25, -0.2) is 0 Å². The van der Waals surface area contributed by atoms with Crippen molar-refractivity contribution in [1.82, 2.24) is 10.2 Å². The van der Waals surface area contributed by atoms with Crippen molar-refractivity contribution in [2.45, 2.75) is 50.9 Å². The minimum atomic E-state index is -0.716. The molecule has 96 valence electrons. The van der Waals surface area contributed by atoms with Crippen LogP contribution in [0.3, 0.4) is 0 Å². The Kier molecular flexibility index (Phi) is 4.95. The van der Waals surface area contributed by atoms with Gasteiger partial charge in [0.05, 0.1) is 0 Å². The Morgan fingerprint density at radius 2 is 2.25 bits per heavy atom. The van der Waals surface area contributed by atoms with Gasteiger partial charge in [-0.3, -0.25) is 9.11 Å². The van der Waals surface area contributed by atoms with Crippen molar-refractivity contribution >= 4 is 10.8 Å². The fourth-order valence-corrected chi connectivity index (χ4v) is 2.50. The summed E-state index contributed by atoms with van der Waals surface area (Å²) in [4.78, 5) is 2.48. The Labute approximate surface area is 102 Å². The van der Waals surface area contributed by atoms with Gasteiger partial charge in [0.15, 0.2) is 0 Å². The number of hydrogen-bond donors (Lipinski definition) is 1. The van der Waals surface area contributed by atoms with E-state index >= 15 is 0 Å². The summed E-state index contributed by atoms with van der Waals surface area (Å²) in [6, 6.07) is 0.547. The van der Waals surface area contributed by atoms with E-state index in [9.17, 15) is 4.21 Å². The Hall–Kier alpha value is 0.0700. The van der Waals surface area contributed by atoms with Crippen LogP contribution in [-0.4, -0.2) is 51.8 Å². The molecule has 1 fully saturated rings. The first-order chi connectivity index (χ1) is 7.38. The monoisotopic (exact) mass is 246 g/mol. The summed E-state index contributed by atoms with van der Waals surface area (Å²) in [6.07, 6.45) is 2.94. The molecule has 0 aromatic carbocycles. The molecule has 1 aliphatic rings. The lowest BCUT2D eigenvalue weighted by atomic mass is 9.94. The van der Waals surface area contributed by atoms with Crippen LogP contribution in [0.5, 0.6) is 0 Å². The van der Waals surface area contributed by atoms with Crippen LogP contribution in [-0.2, 0) is 10.8 Å². The number of nitrogens with one attached hydrogen (secondary N) is 1. The van der Waals surface area contributed by atoms with Crippen LogP contribution in [0.2, 0.25) is 0 Å². The lowest BCUT2D eigenvalue weighted by molar-refractivity contribution is 0.0944. The highest BCUT2D eigenvalue weighted by molar-refractivity contribution is 7.84. The van der Waals surface area contributed by atoms with Crippen molar-refractivity contribution in [3.05, 3.63) is 0 Å². The summed E-state index contributed by atoms with van der Waals surface area (Å²) in [7, 11) is -0.716. The molecule has 1 N–H and O–H groups in total. The Balaban J connectivity index is 2.60. The Bertz CT molecular complexity index is 259. The van der Waals surface area contributed by atoms with E-state index in [2.05, 4.69) is 37.9 Å². The van der Waals surface area contributed by atoms with Gasteiger partial charge in [0.1, 0.15) is 0 Å². The predicted molar refractivity (Wildman–Crippen MR) is 71.3 cm³/mol. The first-order valence-corrected chi connectivity index (χ1v) is 7.81. The zero-order valence-electron chi connectivity index (χ0n) is 11.2. The van der Waals surface area contributed by atoms with Crippen molar-refractivity contribution in [1.29, 1.82) is 0 Å². The average Bonchev–Trinajstić information content (AvgIpc) is 2.23. The highest BCUT2D eigenvalue weighted by atomic mass is 32.2. The van der Waals surface area contributed by atoms with Gasteiger partial charge in [0, 0.05) is 53.5 Å². The summed E-state index contributed by atoms with van der Waals surface area (Å²) in [5.41, 5.74) is 0.224. The van der Waals surface area contributed by atoms with E-state index in [1.165, 1.54) is 0 Å². The number of rotatable bonds is 4. The Morgan fingerprint density at radius 3 is 2.75 bits per heavy atom. The maximum absolute atomic E-state index is 11.4. The van der Waals surface area contributed by atoms with E-state index in [0.717, 1.165) is 26.1 Å². The molecule has 4 atom stereocenters. The summed E-state index contributed by atoms with van der Waals surface area (Å²) >= 11 is 0. The van der Waals surface area contributed by atoms with Crippen molar-refractivity contribution in [2.75, 3.05) is 25.9 Å². The second-order valence-corrected chi connectivity index (χ2v) is 7.18. The van der Waals surface area contributed by atoms with E-state index in [-0.39, 0.29) is 10.8 Å². The van der Waals surface area contributed by atoms with Gasteiger partial charge < -0.3 is 5.32 Å². The molecular formula is C12H26N2OS. The molecule has 3 nitrogen and oxygen atoms in total. The summed E-state index contributed by atoms with van der Waals surface area (Å²) in [5, 5.41) is 3.88. The van der Waals surface area contributed by atoms with Crippen LogP contribution < -0.4 is 5.32 Å². The van der Waals surface area contributed by atoms with Crippen LogP contribution >= 0.6 is 0 Å². The van der Waals surface area contributed by atoms with Crippen LogP contribution in [0.15, 0.2) is 0 Å². The van der Waals surface area contributed by atoms with Gasteiger partial charge in [0.25, 0.3) is 0 Å². The summed E-state index contributed by atoms with van der Waals surface area (Å²) in [5.74, 6) is 0. The van der Waals surface area contributed by atoms with Crippen molar-refractivity contribution < 1.29 is 4.21 Å². The zero-order chi connectivity index (χ0) is 12.3. The normalized spacial score (nSPS) is 35.9. The summed E-state index contributed by atoms with van der Waals surface area (Å²) in [6.45, 7) is 11.9. The molecule has 0 aliphatic carbocycles. The van der Waals surface area contributed by atoms with Crippen LogP contribution in [0, 0.1) is 0 Å². The molecule has 0 spiro atoms. The maximum Gasteiger partial charge on any atom is 0.0444 e. The molecule has 16 heavy (non-hydrogen) atoms. The van der Waals surface area contributed by atoms with E-state index in [1.807, 2.05) is 0 Å². The third-order valence-corrected chi connectivity index (χ3v) is 5.12. The quantitative estimate of drug-likeness (QED) is 0.809. The molecule has 1 saturated heterocycles. The first kappa shape index (κ1) is 14.1. The highest BCUT2D eigenvalue weighted by Crippen LogP contribution is 2.19. The van der Waals surface area contributed by atoms with Crippen molar-refractivity contribution in [2.24, 2.45) is 0 Å². The molecule has 1 rings (SSSR count). The molecule has 1 aliphatic heterocycles. The van der Waals surface area contributed by atoms with Gasteiger partial charge >= 0.3 is 0 Å². The SMILES string of the molecule is CCC1(C)CN(CC(C)S(C)=O)C(C)CN1. The van der Waals surface area contributed by atoms with Gasteiger partial charge in [0.2, 0.25) is 0 Å². The molecular weight excluding hydrogens is 220 g/mol. The molecule has 0 aromatic heterocycles. The van der Waals surface area contributed by atoms with E-state index in [1.54, 1.807) is 6.26 Å².